The Morgan fingerprint density at radius 3 is 2.00 bits per heavy atom. The molecule has 2 aliphatic rings. The third kappa shape index (κ3) is 6.27. The number of hydrogen-bond donors (Lipinski definition) is 1. The zero-order chi connectivity index (χ0) is 11.3. The van der Waals surface area contributed by atoms with Gasteiger partial charge in [0.2, 0.25) is 0 Å². The molecule has 0 aromatic rings. The third-order valence-corrected chi connectivity index (χ3v) is 3.63. The van der Waals surface area contributed by atoms with Gasteiger partial charge in [-0.1, -0.05) is 19.3 Å². The van der Waals surface area contributed by atoms with E-state index in [4.69, 9.17) is 0 Å². The van der Waals surface area contributed by atoms with Crippen LogP contribution in [0.3, 0.4) is 0 Å². The van der Waals surface area contributed by atoms with E-state index in [-0.39, 0.29) is 17.1 Å². The molecule has 0 spiro atoms. The minimum absolute atomic E-state index is 0. The SMILES string of the molecule is CC(C)(O)C1C[CH-]CC1.C[C-]1CCCC1.[Fe+2]. The van der Waals surface area contributed by atoms with Crippen molar-refractivity contribution in [2.24, 2.45) is 5.92 Å². The van der Waals surface area contributed by atoms with Crippen LogP contribution >= 0.6 is 0 Å². The molecule has 0 bridgehead atoms. The van der Waals surface area contributed by atoms with Crippen LogP contribution in [-0.2, 0) is 17.1 Å². The third-order valence-electron chi connectivity index (χ3n) is 3.63. The first-order chi connectivity index (χ1) is 7.00. The Hall–Kier alpha value is 0.479. The Labute approximate surface area is 112 Å². The second kappa shape index (κ2) is 7.74. The van der Waals surface area contributed by atoms with Crippen molar-refractivity contribution in [2.45, 2.75) is 71.3 Å². The van der Waals surface area contributed by atoms with Gasteiger partial charge >= 0.3 is 17.1 Å². The fraction of sp³-hybridized carbons (Fsp3) is 0.857. The van der Waals surface area contributed by atoms with Crippen LogP contribution in [0.5, 0.6) is 0 Å². The first-order valence-corrected chi connectivity index (χ1v) is 6.35. The van der Waals surface area contributed by atoms with Crippen molar-refractivity contribution in [3.63, 3.8) is 0 Å². The van der Waals surface area contributed by atoms with Crippen molar-refractivity contribution in [2.75, 3.05) is 0 Å². The summed E-state index contributed by atoms with van der Waals surface area (Å²) in [5.74, 6) is 2.22. The standard InChI is InChI=1S/C8H15O.C6H11.Fe/c1-8(2,9)7-5-3-4-6-7;1-6-4-2-3-5-6;/h3,7,9H,4-6H2,1-2H3;2-5H2,1H3;/q2*-1;+2. The van der Waals surface area contributed by atoms with Crippen LogP contribution in [0.15, 0.2) is 0 Å². The molecule has 1 N–H and O–H groups in total. The molecule has 96 valence electrons. The summed E-state index contributed by atoms with van der Waals surface area (Å²) in [6.07, 6.45) is 11.4. The summed E-state index contributed by atoms with van der Waals surface area (Å²) in [6, 6.07) is 0. The normalized spacial score (nSPS) is 25.9. The molecule has 2 aliphatic carbocycles. The molecule has 1 nitrogen and oxygen atoms in total. The second-order valence-corrected chi connectivity index (χ2v) is 5.62. The van der Waals surface area contributed by atoms with Gasteiger partial charge in [-0.15, -0.1) is 0 Å². The Kier molecular flexibility index (Phi) is 7.97. The average molecular weight is 266 g/mol. The minimum atomic E-state index is -0.451. The first-order valence-electron chi connectivity index (χ1n) is 6.35. The summed E-state index contributed by atoms with van der Waals surface area (Å²) in [6.45, 7) is 6.06. The second-order valence-electron chi connectivity index (χ2n) is 5.62. The van der Waals surface area contributed by atoms with E-state index in [1.165, 1.54) is 38.5 Å². The fourth-order valence-electron chi connectivity index (χ4n) is 2.38. The molecular formula is C14H26FeO. The summed E-state index contributed by atoms with van der Waals surface area (Å²) in [5, 5.41) is 9.50. The predicted molar refractivity (Wildman–Crippen MR) is 65.3 cm³/mol. The van der Waals surface area contributed by atoms with Crippen LogP contribution in [0.1, 0.15) is 65.7 Å². The predicted octanol–water partition coefficient (Wildman–Crippen LogP) is 3.91. The van der Waals surface area contributed by atoms with Crippen LogP contribution in [0.4, 0.5) is 0 Å². The van der Waals surface area contributed by atoms with Gasteiger partial charge in [0.25, 0.3) is 0 Å². The van der Waals surface area contributed by atoms with Crippen LogP contribution in [0, 0.1) is 18.3 Å². The van der Waals surface area contributed by atoms with Gasteiger partial charge in [-0.25, -0.2) is 0 Å². The Morgan fingerprint density at radius 1 is 1.25 bits per heavy atom. The summed E-state index contributed by atoms with van der Waals surface area (Å²) in [4.78, 5) is 0. The van der Waals surface area contributed by atoms with Gasteiger partial charge < -0.3 is 17.4 Å². The molecule has 0 aromatic carbocycles. The zero-order valence-corrected chi connectivity index (χ0v) is 12.0. The molecule has 2 heteroatoms. The number of hydrogen-bond acceptors (Lipinski definition) is 1. The molecular weight excluding hydrogens is 240 g/mol. The van der Waals surface area contributed by atoms with Crippen LogP contribution in [-0.4, -0.2) is 10.7 Å². The van der Waals surface area contributed by atoms with Crippen LogP contribution in [0.25, 0.3) is 0 Å². The minimum Gasteiger partial charge on any atom is -0.390 e. The van der Waals surface area contributed by atoms with Crippen molar-refractivity contribution in [1.82, 2.24) is 0 Å². The van der Waals surface area contributed by atoms with Crippen LogP contribution in [0.2, 0.25) is 0 Å². The van der Waals surface area contributed by atoms with Gasteiger partial charge in [0.15, 0.2) is 0 Å². The van der Waals surface area contributed by atoms with E-state index in [9.17, 15) is 5.11 Å². The summed E-state index contributed by atoms with van der Waals surface area (Å²) in [7, 11) is 0. The van der Waals surface area contributed by atoms with Gasteiger partial charge in [-0.3, -0.25) is 0 Å². The monoisotopic (exact) mass is 266 g/mol. The van der Waals surface area contributed by atoms with E-state index >= 15 is 0 Å². The van der Waals surface area contributed by atoms with Crippen molar-refractivity contribution < 1.29 is 22.2 Å². The molecule has 1 atom stereocenters. The zero-order valence-electron chi connectivity index (χ0n) is 10.9. The van der Waals surface area contributed by atoms with E-state index < -0.39 is 5.60 Å². The van der Waals surface area contributed by atoms with Gasteiger partial charge in [-0.05, 0) is 19.8 Å². The number of rotatable bonds is 1. The van der Waals surface area contributed by atoms with Crippen molar-refractivity contribution in [3.05, 3.63) is 12.3 Å². The fourth-order valence-corrected chi connectivity index (χ4v) is 2.38. The molecule has 16 heavy (non-hydrogen) atoms. The molecule has 0 aromatic heterocycles. The summed E-state index contributed by atoms with van der Waals surface area (Å²) < 4.78 is 0. The number of aliphatic hydroxyl groups is 1. The molecule has 2 fully saturated rings. The molecule has 0 saturated heterocycles. The van der Waals surface area contributed by atoms with Gasteiger partial charge in [0.05, 0.1) is 5.60 Å². The van der Waals surface area contributed by atoms with E-state index in [1.807, 2.05) is 13.8 Å². The maximum absolute atomic E-state index is 9.50. The quantitative estimate of drug-likeness (QED) is 0.563. The molecule has 2 saturated carbocycles. The molecule has 0 amide bonds. The largest absolute Gasteiger partial charge is 2.00 e. The summed E-state index contributed by atoms with van der Waals surface area (Å²) in [5.41, 5.74) is -0.451. The molecule has 0 radical (unpaired) electrons. The maximum Gasteiger partial charge on any atom is 2.00 e. The van der Waals surface area contributed by atoms with Gasteiger partial charge in [-0.2, -0.15) is 32.6 Å². The maximum atomic E-state index is 9.50. The smallest absolute Gasteiger partial charge is 0.390 e. The van der Waals surface area contributed by atoms with Gasteiger partial charge in [0, 0.05) is 0 Å². The van der Waals surface area contributed by atoms with E-state index in [1.54, 1.807) is 5.92 Å². The van der Waals surface area contributed by atoms with Crippen molar-refractivity contribution >= 4 is 0 Å². The van der Waals surface area contributed by atoms with Gasteiger partial charge in [0.1, 0.15) is 0 Å². The van der Waals surface area contributed by atoms with E-state index in [0.29, 0.717) is 5.92 Å². The molecule has 0 heterocycles. The van der Waals surface area contributed by atoms with E-state index in [0.717, 1.165) is 6.42 Å². The molecule has 1 unspecified atom stereocenters. The van der Waals surface area contributed by atoms with Crippen molar-refractivity contribution in [3.8, 4) is 0 Å². The topological polar surface area (TPSA) is 20.2 Å². The molecule has 0 aliphatic heterocycles. The Bertz CT molecular complexity index is 162. The average Bonchev–Trinajstić information content (AvgIpc) is 2.73. The van der Waals surface area contributed by atoms with Crippen molar-refractivity contribution in [1.29, 1.82) is 0 Å². The first kappa shape index (κ1) is 16.5. The Balaban J connectivity index is 0.000000283. The molecule has 2 rings (SSSR count). The Morgan fingerprint density at radius 2 is 1.81 bits per heavy atom. The summed E-state index contributed by atoms with van der Waals surface area (Å²) >= 11 is 0. The van der Waals surface area contributed by atoms with Crippen LogP contribution < -0.4 is 0 Å². The van der Waals surface area contributed by atoms with E-state index in [2.05, 4.69) is 13.3 Å².